The molecule has 0 aliphatic carbocycles. The molecular formula is C38H85NOS. The number of nitrogens with zero attached hydrogens (tertiary/aromatic N) is 1. The SMILES string of the molecule is C.C.C.C.C#CC#CC#CC#CC#CC#CC#CC#CC#CC#CC#CC#CC#CC#CC(=O)N(C)C.CCCS.[HH].[HH].[HH].[HH].[HH].[HH].[HH].[HH].[HH].[HH].[HH].[HH].[HH].[HH].[HH].[HH].[HH].[HH].[HH].[HH].[HH].[HH].[HH].[HH].[HH].[HH].[HH]. The third kappa shape index (κ3) is 47.5. The second-order valence-corrected chi connectivity index (χ2v) is 5.76. The summed E-state index contributed by atoms with van der Waals surface area (Å²) in [4.78, 5) is 12.5. The van der Waals surface area contributed by atoms with Crippen LogP contribution in [0.2, 0.25) is 0 Å². The zero-order valence-electron chi connectivity index (χ0n) is 20.3. The van der Waals surface area contributed by atoms with E-state index in [0.717, 1.165) is 5.75 Å². The van der Waals surface area contributed by atoms with Crippen molar-refractivity contribution in [2.24, 2.45) is 0 Å². The van der Waals surface area contributed by atoms with Gasteiger partial charge < -0.3 is 4.90 Å². The Morgan fingerprint density at radius 2 is 0.732 bits per heavy atom. The van der Waals surface area contributed by atoms with Crippen molar-refractivity contribution >= 4 is 18.5 Å². The van der Waals surface area contributed by atoms with E-state index in [1.807, 2.05) is 0 Å². The van der Waals surface area contributed by atoms with Gasteiger partial charge in [-0.15, -0.1) is 6.42 Å². The van der Waals surface area contributed by atoms with Crippen LogP contribution in [0.3, 0.4) is 0 Å². The highest BCUT2D eigenvalue weighted by atomic mass is 32.1. The minimum atomic E-state index is -0.335. The fourth-order valence-corrected chi connectivity index (χ4v) is 0.951. The fourth-order valence-electron chi connectivity index (χ4n) is 0.951. The molecular weight excluding hydrogens is 518 g/mol. The number of carbonyl (C=O) groups excluding carboxylic acids is 1. The highest BCUT2D eigenvalue weighted by molar-refractivity contribution is 7.80. The van der Waals surface area contributed by atoms with Gasteiger partial charge in [0, 0.05) is 118 Å². The maximum atomic E-state index is 11.1. The molecule has 0 saturated heterocycles. The van der Waals surface area contributed by atoms with Crippen molar-refractivity contribution < 1.29 is 43.3 Å². The molecule has 0 rings (SSSR count). The molecule has 0 bridgehead atoms. The van der Waals surface area contributed by atoms with Gasteiger partial charge >= 0.3 is 0 Å². The molecule has 254 valence electrons. The first-order valence-electron chi connectivity index (χ1n) is 9.88. The third-order valence-corrected chi connectivity index (χ3v) is 2.82. The minimum absolute atomic E-state index is 0. The Morgan fingerprint density at radius 1 is 0.537 bits per heavy atom. The van der Waals surface area contributed by atoms with Crippen LogP contribution >= 0.6 is 12.6 Å². The van der Waals surface area contributed by atoms with Crippen molar-refractivity contribution in [3.05, 3.63) is 0 Å². The normalized spacial score (nSPS) is 4.46. The quantitative estimate of drug-likeness (QED) is 0.233. The number of amides is 1. The molecule has 0 unspecified atom stereocenters. The van der Waals surface area contributed by atoms with E-state index in [4.69, 9.17) is 6.42 Å². The van der Waals surface area contributed by atoms with Crippen molar-refractivity contribution in [3.8, 4) is 166 Å². The molecule has 2 nitrogen and oxygen atoms in total. The Hall–Kier alpha value is -6.34. The molecule has 0 fully saturated rings. The third-order valence-electron chi connectivity index (χ3n) is 2.37. The van der Waals surface area contributed by atoms with Gasteiger partial charge in [0.1, 0.15) is 0 Å². The molecule has 1 amide bonds. The number of hydrogen-bond acceptors (Lipinski definition) is 2. The number of rotatable bonds is 1. The Labute approximate surface area is 296 Å². The number of hydrogen-bond donors (Lipinski definition) is 1. The average molecular weight is 604 g/mol. The van der Waals surface area contributed by atoms with Gasteiger partial charge in [-0.25, -0.2) is 0 Å². The predicted octanol–water partition coefficient (Wildman–Crippen LogP) is 10.3. The number of carbonyl (C=O) groups is 1. The van der Waals surface area contributed by atoms with Crippen molar-refractivity contribution in [2.45, 2.75) is 43.1 Å². The molecule has 0 aliphatic rings. The Morgan fingerprint density at radius 3 is 0.902 bits per heavy atom. The first-order valence-corrected chi connectivity index (χ1v) is 10.5. The van der Waals surface area contributed by atoms with Crippen LogP contribution in [-0.4, -0.2) is 30.7 Å². The molecule has 0 aromatic carbocycles. The van der Waals surface area contributed by atoms with E-state index in [1.54, 1.807) is 14.1 Å². The van der Waals surface area contributed by atoms with Gasteiger partial charge in [-0.2, -0.15) is 12.6 Å². The van der Waals surface area contributed by atoms with Gasteiger partial charge in [0.2, 0.25) is 0 Å². The van der Waals surface area contributed by atoms with Gasteiger partial charge in [-0.3, -0.25) is 4.79 Å². The lowest BCUT2D eigenvalue weighted by Crippen LogP contribution is -2.19. The summed E-state index contributed by atoms with van der Waals surface area (Å²) in [5.41, 5.74) is 0. The van der Waals surface area contributed by atoms with Crippen LogP contribution in [0.5, 0.6) is 0 Å². The van der Waals surface area contributed by atoms with Crippen molar-refractivity contribution in [1.82, 2.24) is 4.90 Å². The summed E-state index contributed by atoms with van der Waals surface area (Å²) >= 11 is 3.92. The lowest BCUT2D eigenvalue weighted by molar-refractivity contribution is -0.122. The molecule has 0 aliphatic heterocycles. The maximum Gasteiger partial charge on any atom is 0.298 e. The molecule has 0 N–H and O–H groups in total. The lowest BCUT2D eigenvalue weighted by Gasteiger charge is -2.01. The summed E-state index contributed by atoms with van der Waals surface area (Å²) in [5.74, 6) is 66.6. The van der Waals surface area contributed by atoms with Gasteiger partial charge in [-0.05, 0) is 107 Å². The highest BCUT2D eigenvalue weighted by Crippen LogP contribution is 1.75. The second kappa shape index (κ2) is 43.7. The molecule has 0 radical (unpaired) electrons. The first kappa shape index (κ1) is 47.8. The molecule has 0 aromatic heterocycles. The summed E-state index contributed by atoms with van der Waals surface area (Å²) in [6, 6.07) is 0. The molecule has 3 heteroatoms. The molecule has 0 saturated carbocycles. The molecule has 0 aromatic rings. The predicted molar refractivity (Wildman–Crippen MR) is 237 cm³/mol. The van der Waals surface area contributed by atoms with E-state index >= 15 is 0 Å². The van der Waals surface area contributed by atoms with Crippen LogP contribution in [0.4, 0.5) is 0 Å². The van der Waals surface area contributed by atoms with Gasteiger partial charge in [0.15, 0.2) is 0 Å². The topological polar surface area (TPSA) is 20.3 Å². The highest BCUT2D eigenvalue weighted by Gasteiger charge is 1.94. The van der Waals surface area contributed by atoms with Crippen LogP contribution in [-0.2, 0) is 4.79 Å². The second-order valence-electron chi connectivity index (χ2n) is 5.32. The Balaban J connectivity index is -0.0000000109. The molecule has 0 spiro atoms. The smallest absolute Gasteiger partial charge is 0.298 e. The number of thiol groups is 1. The maximum absolute atomic E-state index is 11.1. The Bertz CT molecular complexity index is 1780. The molecule has 0 atom stereocenters. The van der Waals surface area contributed by atoms with Crippen molar-refractivity contribution in [1.29, 1.82) is 0 Å². The monoisotopic (exact) mass is 604 g/mol. The summed E-state index contributed by atoms with van der Waals surface area (Å²) in [6.07, 6.45) is 6.10. The van der Waals surface area contributed by atoms with E-state index in [-0.39, 0.29) is 74.1 Å². The summed E-state index contributed by atoms with van der Waals surface area (Å²) in [6.45, 7) is 2.10. The first-order chi connectivity index (χ1) is 18.1. The van der Waals surface area contributed by atoms with E-state index in [1.165, 1.54) is 11.3 Å². The van der Waals surface area contributed by atoms with E-state index in [0.29, 0.717) is 0 Å². The van der Waals surface area contributed by atoms with E-state index < -0.39 is 0 Å². The average Bonchev–Trinajstić information content (AvgIpc) is 2.90. The summed E-state index contributed by atoms with van der Waals surface area (Å²) in [5, 5.41) is 0. The molecule has 41 heavy (non-hydrogen) atoms. The van der Waals surface area contributed by atoms with E-state index in [9.17, 15) is 4.79 Å². The van der Waals surface area contributed by atoms with E-state index in [2.05, 4.69) is 179 Å². The lowest BCUT2D eigenvalue weighted by atomic mass is 10.4. The largest absolute Gasteiger partial charge is 0.338 e. The van der Waals surface area contributed by atoms with Crippen molar-refractivity contribution in [2.75, 3.05) is 19.8 Å². The molecule has 0 heterocycles. The summed E-state index contributed by atoms with van der Waals surface area (Å²) < 4.78 is 0. The van der Waals surface area contributed by atoms with Crippen LogP contribution in [0, 0.1) is 166 Å². The van der Waals surface area contributed by atoms with Crippen LogP contribution in [0.1, 0.15) is 81.6 Å². The zero-order chi connectivity index (χ0) is 27.7. The fraction of sp³-hybridized carbons (Fsp3) is 0.237. The Kier molecular flexibility index (Phi) is 51.0. The summed E-state index contributed by atoms with van der Waals surface area (Å²) in [7, 11) is 3.19. The standard InChI is InChI=1S/C31H7NO.C3H8S.4CH4.27H2/c1-4-5-6-7-8-9-10-11-12-13-14-15-16-17-18-19-20-21-22-23-24-25-26-27-28-29-30-31(33)32(2)3;1-2-3-4;;;;;;;;;;;;;;;;;;;;;;;;;;;;;;;/h1H,2-3H3;4H,2-3H2,1H3;4*1H4;27*1H. The van der Waals surface area contributed by atoms with Gasteiger partial charge in [0.05, 0.1) is 0 Å². The van der Waals surface area contributed by atoms with Gasteiger partial charge in [0.25, 0.3) is 5.91 Å². The van der Waals surface area contributed by atoms with Crippen LogP contribution < -0.4 is 0 Å². The zero-order valence-corrected chi connectivity index (χ0v) is 21.2. The number of terminal acetylenes is 1. The van der Waals surface area contributed by atoms with Crippen molar-refractivity contribution in [3.63, 3.8) is 0 Å². The van der Waals surface area contributed by atoms with Gasteiger partial charge in [-0.1, -0.05) is 36.6 Å². The van der Waals surface area contributed by atoms with Crippen LogP contribution in [0.15, 0.2) is 0 Å². The minimum Gasteiger partial charge on any atom is -0.338 e. The van der Waals surface area contributed by atoms with Crippen LogP contribution in [0.25, 0.3) is 0 Å².